The molecule has 0 aromatic carbocycles. The van der Waals surface area contributed by atoms with Crippen molar-refractivity contribution < 1.29 is 4.74 Å². The maximum absolute atomic E-state index is 12.4. The van der Waals surface area contributed by atoms with Crippen LogP contribution in [0.5, 0.6) is 5.75 Å². The van der Waals surface area contributed by atoms with Crippen molar-refractivity contribution in [3.63, 3.8) is 0 Å². The molecule has 0 radical (unpaired) electrons. The first-order chi connectivity index (χ1) is 9.83. The average molecular weight is 293 g/mol. The van der Waals surface area contributed by atoms with Gasteiger partial charge in [0, 0.05) is 19.6 Å². The van der Waals surface area contributed by atoms with Crippen molar-refractivity contribution in [2.24, 2.45) is 5.41 Å². The van der Waals surface area contributed by atoms with E-state index in [0.29, 0.717) is 17.9 Å². The highest BCUT2D eigenvalue weighted by Crippen LogP contribution is 2.30. The minimum Gasteiger partial charge on any atom is -0.492 e. The van der Waals surface area contributed by atoms with Gasteiger partial charge in [-0.1, -0.05) is 20.8 Å². The van der Waals surface area contributed by atoms with Gasteiger partial charge < -0.3 is 9.64 Å². The topological polar surface area (TPSA) is 47.4 Å². The zero-order valence-electron chi connectivity index (χ0n) is 13.9. The third-order valence-electron chi connectivity index (χ3n) is 4.00. The summed E-state index contributed by atoms with van der Waals surface area (Å²) in [5.74, 6) is 1.45. The Balaban J connectivity index is 2.39. The zero-order valence-corrected chi connectivity index (χ0v) is 13.9. The lowest BCUT2D eigenvalue weighted by Crippen LogP contribution is -2.31. The summed E-state index contributed by atoms with van der Waals surface area (Å²) in [6.07, 6.45) is 3.26. The molecule has 0 unspecified atom stereocenters. The molecule has 0 bridgehead atoms. The number of hydrogen-bond acceptors (Lipinski definition) is 4. The van der Waals surface area contributed by atoms with E-state index >= 15 is 0 Å². The largest absolute Gasteiger partial charge is 0.492 e. The van der Waals surface area contributed by atoms with Crippen molar-refractivity contribution in [2.75, 3.05) is 25.1 Å². The maximum atomic E-state index is 12.4. The van der Waals surface area contributed by atoms with Gasteiger partial charge >= 0.3 is 0 Å². The van der Waals surface area contributed by atoms with Crippen molar-refractivity contribution >= 4 is 5.82 Å². The molecule has 0 aliphatic carbocycles. The van der Waals surface area contributed by atoms with Gasteiger partial charge in [0.15, 0.2) is 11.6 Å². The van der Waals surface area contributed by atoms with E-state index in [4.69, 9.17) is 4.74 Å². The maximum Gasteiger partial charge on any atom is 0.273 e. The molecule has 0 saturated carbocycles. The van der Waals surface area contributed by atoms with E-state index < -0.39 is 0 Å². The van der Waals surface area contributed by atoms with Crippen molar-refractivity contribution in [2.45, 2.75) is 53.5 Å². The van der Waals surface area contributed by atoms with Crippen LogP contribution >= 0.6 is 0 Å². The summed E-state index contributed by atoms with van der Waals surface area (Å²) in [5.41, 5.74) is 0.797. The molecule has 2 heterocycles. The van der Waals surface area contributed by atoms with Gasteiger partial charge in [0.25, 0.3) is 5.56 Å². The van der Waals surface area contributed by atoms with Crippen LogP contribution in [0.15, 0.2) is 4.79 Å². The van der Waals surface area contributed by atoms with E-state index in [2.05, 4.69) is 30.8 Å². The second kappa shape index (κ2) is 6.08. The van der Waals surface area contributed by atoms with E-state index in [1.807, 2.05) is 6.92 Å². The molecule has 2 rings (SSSR count). The lowest BCUT2D eigenvalue weighted by molar-refractivity contribution is 0.333. The summed E-state index contributed by atoms with van der Waals surface area (Å²) in [6.45, 7) is 11.0. The van der Waals surface area contributed by atoms with Gasteiger partial charge in [0.2, 0.25) is 0 Å². The monoisotopic (exact) mass is 293 g/mol. The summed E-state index contributed by atoms with van der Waals surface area (Å²) in [4.78, 5) is 14.7. The molecule has 118 valence electrons. The highest BCUT2D eigenvalue weighted by Gasteiger charge is 2.23. The number of ether oxygens (including phenoxy) is 1. The molecule has 1 aromatic heterocycles. The molecule has 5 heteroatoms. The molecule has 1 saturated heterocycles. The van der Waals surface area contributed by atoms with E-state index in [1.54, 1.807) is 11.8 Å². The first kappa shape index (κ1) is 15.9. The highest BCUT2D eigenvalue weighted by molar-refractivity contribution is 5.55. The number of methoxy groups -OCH3 is 1. The Hall–Kier alpha value is -1.52. The molecule has 21 heavy (non-hydrogen) atoms. The molecule has 1 aliphatic heterocycles. The van der Waals surface area contributed by atoms with Crippen LogP contribution in [0.2, 0.25) is 0 Å². The summed E-state index contributed by atoms with van der Waals surface area (Å²) in [7, 11) is 1.61. The number of aromatic nitrogens is 2. The van der Waals surface area contributed by atoms with Crippen LogP contribution in [-0.2, 0) is 6.54 Å². The van der Waals surface area contributed by atoms with Crippen molar-refractivity contribution in [3.05, 3.63) is 15.9 Å². The number of aryl methyl sites for hydroxylation is 1. The Morgan fingerprint density at radius 3 is 2.38 bits per heavy atom. The number of nitrogens with zero attached hydrogens (tertiary/aromatic N) is 3. The van der Waals surface area contributed by atoms with Gasteiger partial charge in [-0.3, -0.25) is 4.79 Å². The number of rotatable bonds is 4. The summed E-state index contributed by atoms with van der Waals surface area (Å²) in [5, 5.41) is 4.59. The van der Waals surface area contributed by atoms with Crippen molar-refractivity contribution in [1.82, 2.24) is 9.78 Å². The zero-order chi connectivity index (χ0) is 15.6. The molecule has 5 nitrogen and oxygen atoms in total. The lowest BCUT2D eigenvalue weighted by atomic mass is 9.92. The predicted octanol–water partition coefficient (Wildman–Crippen LogP) is 2.60. The Kier molecular flexibility index (Phi) is 4.59. The highest BCUT2D eigenvalue weighted by atomic mass is 16.5. The fourth-order valence-corrected chi connectivity index (χ4v) is 2.64. The van der Waals surface area contributed by atoms with Crippen LogP contribution in [0, 0.1) is 12.3 Å². The molecule has 0 atom stereocenters. The normalized spacial score (nSPS) is 15.6. The van der Waals surface area contributed by atoms with E-state index in [0.717, 1.165) is 25.3 Å². The van der Waals surface area contributed by atoms with Crippen molar-refractivity contribution in [3.8, 4) is 5.75 Å². The molecule has 0 amide bonds. The third-order valence-corrected chi connectivity index (χ3v) is 4.00. The van der Waals surface area contributed by atoms with Gasteiger partial charge in [-0.15, -0.1) is 5.10 Å². The first-order valence-corrected chi connectivity index (χ1v) is 7.74. The van der Waals surface area contributed by atoms with Crippen LogP contribution in [0.3, 0.4) is 0 Å². The fourth-order valence-electron chi connectivity index (χ4n) is 2.64. The quantitative estimate of drug-likeness (QED) is 0.856. The first-order valence-electron chi connectivity index (χ1n) is 7.74. The summed E-state index contributed by atoms with van der Waals surface area (Å²) >= 11 is 0. The Morgan fingerprint density at radius 1 is 1.24 bits per heavy atom. The van der Waals surface area contributed by atoms with E-state index in [1.165, 1.54) is 12.8 Å². The van der Waals surface area contributed by atoms with Crippen LogP contribution < -0.4 is 15.2 Å². The second-order valence-corrected chi connectivity index (χ2v) is 7.01. The minimum atomic E-state index is -0.0425. The van der Waals surface area contributed by atoms with Crippen LogP contribution in [0.1, 0.15) is 45.6 Å². The standard InChI is InChI=1S/C16H27N3O2/c1-12-13(21-5)14(18-9-6-7-10-18)17-19(15(12)20)11-8-16(2,3)4/h6-11H2,1-5H3. The molecule has 0 N–H and O–H groups in total. The fraction of sp³-hybridized carbons (Fsp3) is 0.750. The predicted molar refractivity (Wildman–Crippen MR) is 85.3 cm³/mol. The van der Waals surface area contributed by atoms with Gasteiger partial charge in [-0.2, -0.15) is 0 Å². The van der Waals surface area contributed by atoms with Gasteiger partial charge in [-0.25, -0.2) is 4.68 Å². The Morgan fingerprint density at radius 2 is 1.86 bits per heavy atom. The van der Waals surface area contributed by atoms with Crippen molar-refractivity contribution in [1.29, 1.82) is 0 Å². The van der Waals surface area contributed by atoms with Gasteiger partial charge in [0.1, 0.15) is 0 Å². The minimum absolute atomic E-state index is 0.0425. The Bertz CT molecular complexity index is 552. The molecule has 0 spiro atoms. The molecular weight excluding hydrogens is 266 g/mol. The number of hydrogen-bond donors (Lipinski definition) is 0. The molecule has 1 aromatic rings. The smallest absolute Gasteiger partial charge is 0.273 e. The summed E-state index contributed by atoms with van der Waals surface area (Å²) in [6, 6.07) is 0. The SMILES string of the molecule is COc1c(N2CCCC2)nn(CCC(C)(C)C)c(=O)c1C. The molecular formula is C16H27N3O2. The molecule has 1 fully saturated rings. The third kappa shape index (κ3) is 3.57. The van der Waals surface area contributed by atoms with Gasteiger partial charge in [-0.05, 0) is 31.6 Å². The van der Waals surface area contributed by atoms with Crippen LogP contribution in [-0.4, -0.2) is 30.0 Å². The van der Waals surface area contributed by atoms with E-state index in [9.17, 15) is 4.79 Å². The molecule has 1 aliphatic rings. The van der Waals surface area contributed by atoms with E-state index in [-0.39, 0.29) is 11.0 Å². The summed E-state index contributed by atoms with van der Waals surface area (Å²) < 4.78 is 7.06. The number of anilines is 1. The van der Waals surface area contributed by atoms with Crippen LogP contribution in [0.25, 0.3) is 0 Å². The Labute approximate surface area is 126 Å². The average Bonchev–Trinajstić information content (AvgIpc) is 2.93. The van der Waals surface area contributed by atoms with Crippen LogP contribution in [0.4, 0.5) is 5.82 Å². The second-order valence-electron chi connectivity index (χ2n) is 7.01. The van der Waals surface area contributed by atoms with Gasteiger partial charge in [0.05, 0.1) is 12.7 Å². The lowest BCUT2D eigenvalue weighted by Gasteiger charge is -2.23.